The Morgan fingerprint density at radius 3 is 3.00 bits per heavy atom. The summed E-state index contributed by atoms with van der Waals surface area (Å²) in [5.41, 5.74) is 0. The van der Waals surface area contributed by atoms with Crippen molar-refractivity contribution in [2.45, 2.75) is 11.1 Å². The summed E-state index contributed by atoms with van der Waals surface area (Å²) in [6.45, 7) is 3.09. The average molecular weight is 209 g/mol. The zero-order valence-corrected chi connectivity index (χ0v) is 9.04. The van der Waals surface area contributed by atoms with Crippen LogP contribution in [-0.2, 0) is 0 Å². The summed E-state index contributed by atoms with van der Waals surface area (Å²) in [5, 5.41) is 3.14. The molecule has 68 valence electrons. The van der Waals surface area contributed by atoms with E-state index in [2.05, 4.69) is 36.5 Å². The second-order valence-electron chi connectivity index (χ2n) is 2.82. The number of aryl methyl sites for hydroxylation is 1. The van der Waals surface area contributed by atoms with Crippen molar-refractivity contribution >= 4 is 23.1 Å². The van der Waals surface area contributed by atoms with Crippen molar-refractivity contribution in [2.24, 2.45) is 0 Å². The normalized spacial score (nSPS) is 15.3. The third-order valence-electron chi connectivity index (χ3n) is 1.72. The first-order valence-corrected chi connectivity index (χ1v) is 5.82. The molecule has 0 amide bonds. The van der Waals surface area contributed by atoms with E-state index in [1.54, 1.807) is 0 Å². The zero-order chi connectivity index (χ0) is 9.10. The molecule has 3 heteroatoms. The molecule has 1 aliphatic rings. The lowest BCUT2D eigenvalue weighted by Crippen LogP contribution is -2.07. The SMILES string of the molecule is Cc1ccc(SC2=CCNC=C2)s1. The molecule has 0 atom stereocenters. The first kappa shape index (κ1) is 8.91. The van der Waals surface area contributed by atoms with Gasteiger partial charge in [-0.25, -0.2) is 0 Å². The predicted molar refractivity (Wildman–Crippen MR) is 60.1 cm³/mol. The first-order valence-electron chi connectivity index (χ1n) is 4.19. The second-order valence-corrected chi connectivity index (χ2v) is 5.48. The van der Waals surface area contributed by atoms with Crippen LogP contribution in [0.5, 0.6) is 0 Å². The molecule has 1 aromatic rings. The fourth-order valence-corrected chi connectivity index (χ4v) is 3.21. The van der Waals surface area contributed by atoms with Crippen LogP contribution < -0.4 is 5.32 Å². The zero-order valence-electron chi connectivity index (χ0n) is 7.41. The summed E-state index contributed by atoms with van der Waals surface area (Å²) in [6.07, 6.45) is 6.33. The van der Waals surface area contributed by atoms with E-state index in [4.69, 9.17) is 0 Å². The molecule has 1 nitrogen and oxygen atoms in total. The van der Waals surface area contributed by atoms with E-state index >= 15 is 0 Å². The quantitative estimate of drug-likeness (QED) is 0.803. The van der Waals surface area contributed by atoms with Crippen molar-refractivity contribution < 1.29 is 0 Å². The van der Waals surface area contributed by atoms with Gasteiger partial charge in [-0.2, -0.15) is 0 Å². The van der Waals surface area contributed by atoms with Crippen LogP contribution in [0.3, 0.4) is 0 Å². The number of rotatable bonds is 2. The molecule has 2 rings (SSSR count). The highest BCUT2D eigenvalue weighted by atomic mass is 32.2. The van der Waals surface area contributed by atoms with Crippen molar-refractivity contribution in [3.63, 3.8) is 0 Å². The Labute approximate surface area is 86.5 Å². The van der Waals surface area contributed by atoms with Crippen LogP contribution in [0.4, 0.5) is 0 Å². The van der Waals surface area contributed by atoms with Gasteiger partial charge < -0.3 is 5.32 Å². The molecule has 0 saturated heterocycles. The van der Waals surface area contributed by atoms with Crippen LogP contribution >= 0.6 is 23.1 Å². The maximum atomic E-state index is 3.14. The van der Waals surface area contributed by atoms with E-state index < -0.39 is 0 Å². The van der Waals surface area contributed by atoms with E-state index in [9.17, 15) is 0 Å². The molecule has 0 spiro atoms. The number of thioether (sulfide) groups is 1. The molecule has 1 aliphatic heterocycles. The van der Waals surface area contributed by atoms with Gasteiger partial charge in [0.15, 0.2) is 0 Å². The van der Waals surface area contributed by atoms with Crippen LogP contribution in [0.1, 0.15) is 4.88 Å². The van der Waals surface area contributed by atoms with E-state index in [1.165, 1.54) is 14.0 Å². The van der Waals surface area contributed by atoms with Crippen molar-refractivity contribution in [2.75, 3.05) is 6.54 Å². The van der Waals surface area contributed by atoms with Crippen LogP contribution in [0.15, 0.2) is 39.6 Å². The number of hydrogen-bond acceptors (Lipinski definition) is 3. The minimum absolute atomic E-state index is 0.948. The molecule has 0 fully saturated rings. The van der Waals surface area contributed by atoms with Gasteiger partial charge in [0.25, 0.3) is 0 Å². The lowest BCUT2D eigenvalue weighted by Gasteiger charge is -2.05. The Kier molecular flexibility index (Phi) is 2.76. The molecule has 0 aliphatic carbocycles. The summed E-state index contributed by atoms with van der Waals surface area (Å²) in [4.78, 5) is 2.71. The number of dihydropyridines is 1. The lowest BCUT2D eigenvalue weighted by atomic mass is 10.4. The van der Waals surface area contributed by atoms with Gasteiger partial charge in [-0.3, -0.25) is 0 Å². The van der Waals surface area contributed by atoms with E-state index in [1.807, 2.05) is 29.3 Å². The maximum absolute atomic E-state index is 3.14. The highest BCUT2D eigenvalue weighted by molar-refractivity contribution is 8.05. The second kappa shape index (κ2) is 4.03. The van der Waals surface area contributed by atoms with Gasteiger partial charge in [-0.1, -0.05) is 17.8 Å². The summed E-state index contributed by atoms with van der Waals surface area (Å²) in [5.74, 6) is 0. The molecule has 0 aromatic carbocycles. The molecule has 0 bridgehead atoms. The largest absolute Gasteiger partial charge is 0.387 e. The summed E-state index contributed by atoms with van der Waals surface area (Å²) >= 11 is 3.69. The highest BCUT2D eigenvalue weighted by Crippen LogP contribution is 2.33. The monoisotopic (exact) mass is 209 g/mol. The van der Waals surface area contributed by atoms with Crippen LogP contribution in [0.2, 0.25) is 0 Å². The van der Waals surface area contributed by atoms with Gasteiger partial charge in [0, 0.05) is 16.3 Å². The van der Waals surface area contributed by atoms with Crippen molar-refractivity contribution in [3.05, 3.63) is 40.3 Å². The Balaban J connectivity index is 2.05. The standard InChI is InChI=1S/C10H11NS2/c1-8-2-3-10(12-8)13-9-4-6-11-7-5-9/h2-6,11H,7H2,1H3. The summed E-state index contributed by atoms with van der Waals surface area (Å²) < 4.78 is 1.37. The van der Waals surface area contributed by atoms with Crippen molar-refractivity contribution in [3.8, 4) is 0 Å². The van der Waals surface area contributed by atoms with Gasteiger partial charge in [-0.15, -0.1) is 11.3 Å². The van der Waals surface area contributed by atoms with E-state index in [0.29, 0.717) is 0 Å². The third-order valence-corrected chi connectivity index (χ3v) is 3.89. The highest BCUT2D eigenvalue weighted by Gasteiger charge is 2.01. The topological polar surface area (TPSA) is 12.0 Å². The first-order chi connectivity index (χ1) is 6.34. The summed E-state index contributed by atoms with van der Waals surface area (Å²) in [7, 11) is 0. The molecular weight excluding hydrogens is 198 g/mol. The number of allylic oxidation sites excluding steroid dienone is 1. The third kappa shape index (κ3) is 2.39. The smallest absolute Gasteiger partial charge is 0.0648 e. The van der Waals surface area contributed by atoms with Crippen molar-refractivity contribution in [1.29, 1.82) is 0 Å². The molecule has 0 radical (unpaired) electrons. The Morgan fingerprint density at radius 1 is 1.46 bits per heavy atom. The van der Waals surface area contributed by atoms with Gasteiger partial charge >= 0.3 is 0 Å². The molecule has 1 aromatic heterocycles. The summed E-state index contributed by atoms with van der Waals surface area (Å²) in [6, 6.07) is 4.35. The van der Waals surface area contributed by atoms with Crippen LogP contribution in [0.25, 0.3) is 0 Å². The van der Waals surface area contributed by atoms with Crippen molar-refractivity contribution in [1.82, 2.24) is 5.32 Å². The number of thiophene rings is 1. The molecule has 2 heterocycles. The molecule has 0 unspecified atom stereocenters. The van der Waals surface area contributed by atoms with Gasteiger partial charge in [0.05, 0.1) is 4.21 Å². The van der Waals surface area contributed by atoms with Crippen LogP contribution in [-0.4, -0.2) is 6.54 Å². The fraction of sp³-hybridized carbons (Fsp3) is 0.200. The maximum Gasteiger partial charge on any atom is 0.0648 e. The van der Waals surface area contributed by atoms with E-state index in [0.717, 1.165) is 6.54 Å². The van der Waals surface area contributed by atoms with Gasteiger partial charge in [-0.05, 0) is 31.3 Å². The number of nitrogens with one attached hydrogen (secondary N) is 1. The van der Waals surface area contributed by atoms with Crippen LogP contribution in [0, 0.1) is 6.92 Å². The Bertz CT molecular complexity index is 350. The minimum Gasteiger partial charge on any atom is -0.387 e. The predicted octanol–water partition coefficient (Wildman–Crippen LogP) is 3.15. The average Bonchev–Trinajstić information content (AvgIpc) is 2.53. The number of hydrogen-bond donors (Lipinski definition) is 1. The Hall–Kier alpha value is -0.670. The Morgan fingerprint density at radius 2 is 2.38 bits per heavy atom. The minimum atomic E-state index is 0.948. The molecule has 0 saturated carbocycles. The fourth-order valence-electron chi connectivity index (χ4n) is 1.10. The van der Waals surface area contributed by atoms with E-state index in [-0.39, 0.29) is 0 Å². The molecule has 1 N–H and O–H groups in total. The molecule has 13 heavy (non-hydrogen) atoms. The lowest BCUT2D eigenvalue weighted by molar-refractivity contribution is 0.969. The molecular formula is C10H11NS2. The van der Waals surface area contributed by atoms with Gasteiger partial charge in [0.1, 0.15) is 0 Å². The van der Waals surface area contributed by atoms with Gasteiger partial charge in [0.2, 0.25) is 0 Å².